The number of amides is 1. The molecule has 1 atom stereocenters. The Kier molecular flexibility index (Phi) is 4.81. The van der Waals surface area contributed by atoms with Crippen molar-refractivity contribution >= 4 is 5.91 Å². The highest BCUT2D eigenvalue weighted by Gasteiger charge is 2.10. The van der Waals surface area contributed by atoms with E-state index in [0.717, 1.165) is 0 Å². The molecule has 4 nitrogen and oxygen atoms in total. The summed E-state index contributed by atoms with van der Waals surface area (Å²) in [6.07, 6.45) is 0.472. The second-order valence-electron chi connectivity index (χ2n) is 2.71. The van der Waals surface area contributed by atoms with E-state index in [-0.39, 0.29) is 11.9 Å². The molecular weight excluding hydrogens is 142 g/mol. The molecule has 0 fully saturated rings. The zero-order valence-electron chi connectivity index (χ0n) is 7.42. The van der Waals surface area contributed by atoms with Crippen molar-refractivity contribution in [2.75, 3.05) is 27.7 Å². The quantitative estimate of drug-likeness (QED) is 0.554. The van der Waals surface area contributed by atoms with Crippen molar-refractivity contribution < 1.29 is 4.79 Å². The van der Waals surface area contributed by atoms with Gasteiger partial charge in [-0.1, -0.05) is 0 Å². The molecule has 0 aromatic carbocycles. The van der Waals surface area contributed by atoms with E-state index in [4.69, 9.17) is 5.73 Å². The molecule has 0 saturated heterocycles. The zero-order chi connectivity index (χ0) is 8.85. The third-order valence-corrected chi connectivity index (χ3v) is 1.61. The van der Waals surface area contributed by atoms with Gasteiger partial charge in [-0.15, -0.1) is 0 Å². The van der Waals surface area contributed by atoms with Crippen molar-refractivity contribution in [2.45, 2.75) is 12.5 Å². The number of hydrogen-bond acceptors (Lipinski definition) is 3. The van der Waals surface area contributed by atoms with Gasteiger partial charge in [-0.3, -0.25) is 4.79 Å². The van der Waals surface area contributed by atoms with Crippen molar-refractivity contribution in [3.05, 3.63) is 0 Å². The van der Waals surface area contributed by atoms with E-state index in [1.54, 1.807) is 26.0 Å². The topological polar surface area (TPSA) is 58.4 Å². The Bertz CT molecular complexity index is 121. The first-order valence-corrected chi connectivity index (χ1v) is 3.69. The van der Waals surface area contributed by atoms with Crippen LogP contribution >= 0.6 is 0 Å². The van der Waals surface area contributed by atoms with Gasteiger partial charge in [0.15, 0.2) is 0 Å². The van der Waals surface area contributed by atoms with Gasteiger partial charge >= 0.3 is 0 Å². The van der Waals surface area contributed by atoms with Crippen molar-refractivity contribution in [1.29, 1.82) is 0 Å². The molecule has 0 aliphatic rings. The molecule has 0 saturated carbocycles. The number of carbonyl (C=O) groups excluding carboxylic acids is 1. The van der Waals surface area contributed by atoms with Crippen LogP contribution in [0.15, 0.2) is 0 Å². The highest BCUT2D eigenvalue weighted by molar-refractivity contribution is 5.76. The Morgan fingerprint density at radius 3 is 2.45 bits per heavy atom. The van der Waals surface area contributed by atoms with E-state index < -0.39 is 0 Å². The first-order valence-electron chi connectivity index (χ1n) is 3.69. The van der Waals surface area contributed by atoms with E-state index >= 15 is 0 Å². The zero-order valence-corrected chi connectivity index (χ0v) is 7.42. The van der Waals surface area contributed by atoms with Gasteiger partial charge in [-0.2, -0.15) is 0 Å². The van der Waals surface area contributed by atoms with E-state index in [9.17, 15) is 4.79 Å². The van der Waals surface area contributed by atoms with E-state index in [1.807, 2.05) is 0 Å². The second kappa shape index (κ2) is 5.09. The van der Waals surface area contributed by atoms with Gasteiger partial charge in [-0.25, -0.2) is 0 Å². The predicted molar refractivity (Wildman–Crippen MR) is 45.2 cm³/mol. The van der Waals surface area contributed by atoms with Crippen LogP contribution in [0.1, 0.15) is 6.42 Å². The summed E-state index contributed by atoms with van der Waals surface area (Å²) in [6.45, 7) is 0.496. The molecule has 0 radical (unpaired) electrons. The number of likely N-dealkylation sites (N-methyl/N-ethyl adjacent to an activating group) is 1. The van der Waals surface area contributed by atoms with Crippen LogP contribution in [0.5, 0.6) is 0 Å². The average Bonchev–Trinajstić information content (AvgIpc) is 1.99. The minimum absolute atomic E-state index is 0.102. The van der Waals surface area contributed by atoms with Gasteiger partial charge in [-0.05, 0) is 7.05 Å². The summed E-state index contributed by atoms with van der Waals surface area (Å²) >= 11 is 0. The lowest BCUT2D eigenvalue weighted by molar-refractivity contribution is -0.129. The highest BCUT2D eigenvalue weighted by Crippen LogP contribution is 1.92. The van der Waals surface area contributed by atoms with Gasteiger partial charge in [0.2, 0.25) is 5.91 Å². The summed E-state index contributed by atoms with van der Waals surface area (Å²) in [6, 6.07) is 0.102. The Morgan fingerprint density at radius 2 is 2.18 bits per heavy atom. The summed E-state index contributed by atoms with van der Waals surface area (Å²) < 4.78 is 0. The van der Waals surface area contributed by atoms with Crippen LogP contribution in [-0.4, -0.2) is 44.5 Å². The molecule has 11 heavy (non-hydrogen) atoms. The summed E-state index contributed by atoms with van der Waals surface area (Å²) in [7, 11) is 5.29. The summed E-state index contributed by atoms with van der Waals surface area (Å²) in [5.74, 6) is 0.106. The number of nitrogens with two attached hydrogens (primary N) is 1. The van der Waals surface area contributed by atoms with E-state index in [2.05, 4.69) is 5.32 Å². The van der Waals surface area contributed by atoms with E-state index in [0.29, 0.717) is 13.0 Å². The Labute approximate surface area is 67.7 Å². The third kappa shape index (κ3) is 3.95. The molecule has 0 aliphatic carbocycles. The highest BCUT2D eigenvalue weighted by atomic mass is 16.2. The van der Waals surface area contributed by atoms with Crippen molar-refractivity contribution in [3.63, 3.8) is 0 Å². The minimum Gasteiger partial charge on any atom is -0.349 e. The van der Waals surface area contributed by atoms with Gasteiger partial charge in [0, 0.05) is 33.1 Å². The Balaban J connectivity index is 3.72. The van der Waals surface area contributed by atoms with Gasteiger partial charge in [0.1, 0.15) is 0 Å². The molecule has 3 N–H and O–H groups in total. The predicted octanol–water partition coefficient (Wildman–Crippen LogP) is -0.989. The minimum atomic E-state index is 0.102. The molecule has 0 spiro atoms. The Hall–Kier alpha value is -0.610. The molecule has 4 heteroatoms. The van der Waals surface area contributed by atoms with Crippen LogP contribution in [0.2, 0.25) is 0 Å². The maximum absolute atomic E-state index is 11.1. The molecule has 0 aromatic rings. The molecule has 0 aromatic heterocycles. The first kappa shape index (κ1) is 10.4. The summed E-state index contributed by atoms with van der Waals surface area (Å²) in [4.78, 5) is 12.7. The van der Waals surface area contributed by atoms with Crippen LogP contribution in [0, 0.1) is 0 Å². The lowest BCUT2D eigenvalue weighted by Gasteiger charge is -2.16. The lowest BCUT2D eigenvalue weighted by atomic mass is 10.2. The van der Waals surface area contributed by atoms with Crippen LogP contribution in [0.25, 0.3) is 0 Å². The van der Waals surface area contributed by atoms with Gasteiger partial charge < -0.3 is 16.0 Å². The maximum Gasteiger partial charge on any atom is 0.223 e. The summed E-state index contributed by atoms with van der Waals surface area (Å²) in [5.41, 5.74) is 5.40. The van der Waals surface area contributed by atoms with E-state index in [1.165, 1.54) is 0 Å². The van der Waals surface area contributed by atoms with Crippen molar-refractivity contribution in [1.82, 2.24) is 10.2 Å². The fourth-order valence-electron chi connectivity index (χ4n) is 0.697. The number of hydrogen-bond donors (Lipinski definition) is 2. The molecule has 1 amide bonds. The van der Waals surface area contributed by atoms with Crippen LogP contribution in [-0.2, 0) is 4.79 Å². The number of rotatable bonds is 4. The molecule has 1 unspecified atom stereocenters. The number of nitrogens with zero attached hydrogens (tertiary/aromatic N) is 1. The fraction of sp³-hybridized carbons (Fsp3) is 0.857. The fourth-order valence-corrected chi connectivity index (χ4v) is 0.697. The van der Waals surface area contributed by atoms with Crippen LogP contribution < -0.4 is 11.1 Å². The smallest absolute Gasteiger partial charge is 0.223 e. The monoisotopic (exact) mass is 159 g/mol. The molecular formula is C7H17N3O. The maximum atomic E-state index is 11.1. The molecule has 0 heterocycles. The van der Waals surface area contributed by atoms with Crippen molar-refractivity contribution in [3.8, 4) is 0 Å². The SMILES string of the molecule is CNC(CN)CC(=O)N(C)C. The van der Waals surface area contributed by atoms with Crippen LogP contribution in [0.3, 0.4) is 0 Å². The molecule has 0 rings (SSSR count). The summed E-state index contributed by atoms with van der Waals surface area (Å²) in [5, 5.41) is 2.96. The van der Waals surface area contributed by atoms with Crippen LogP contribution in [0.4, 0.5) is 0 Å². The Morgan fingerprint density at radius 1 is 1.64 bits per heavy atom. The first-order chi connectivity index (χ1) is 5.11. The normalized spacial score (nSPS) is 12.7. The number of nitrogens with one attached hydrogen (secondary N) is 1. The van der Waals surface area contributed by atoms with Crippen molar-refractivity contribution in [2.24, 2.45) is 5.73 Å². The third-order valence-electron chi connectivity index (χ3n) is 1.61. The molecule has 0 aliphatic heterocycles. The van der Waals surface area contributed by atoms with Gasteiger partial charge in [0.05, 0.1) is 0 Å². The van der Waals surface area contributed by atoms with Gasteiger partial charge in [0.25, 0.3) is 0 Å². The largest absolute Gasteiger partial charge is 0.349 e. The lowest BCUT2D eigenvalue weighted by Crippen LogP contribution is -2.38. The second-order valence-corrected chi connectivity index (χ2v) is 2.71. The number of carbonyl (C=O) groups is 1. The average molecular weight is 159 g/mol. The standard InChI is InChI=1S/C7H17N3O/c1-9-6(5-8)4-7(11)10(2)3/h6,9H,4-5,8H2,1-3H3. The molecule has 0 bridgehead atoms. The molecule has 66 valence electrons.